The van der Waals surface area contributed by atoms with E-state index in [0.29, 0.717) is 0 Å². The number of rotatable bonds is 12. The van der Waals surface area contributed by atoms with Crippen LogP contribution in [0.1, 0.15) is 106 Å². The molecule has 5 heterocycles. The van der Waals surface area contributed by atoms with Crippen LogP contribution in [0.25, 0.3) is 45.4 Å². The molecule has 1 aromatic carbocycles. The summed E-state index contributed by atoms with van der Waals surface area (Å²) in [5.74, 6) is 0. The highest BCUT2D eigenvalue weighted by molar-refractivity contribution is 6.00. The van der Waals surface area contributed by atoms with Crippen LogP contribution in [-0.2, 0) is 0 Å². The molecule has 0 saturated carbocycles. The summed E-state index contributed by atoms with van der Waals surface area (Å²) in [6.07, 6.45) is 18.5. The molecule has 0 amide bonds. The Morgan fingerprint density at radius 1 is 0.524 bits per heavy atom. The van der Waals surface area contributed by atoms with Crippen molar-refractivity contribution in [1.82, 2.24) is 19.9 Å². The van der Waals surface area contributed by atoms with Crippen LogP contribution in [0.5, 0.6) is 0 Å². The monoisotopic (exact) mass is 554 g/mol. The topological polar surface area (TPSA) is 57.4 Å². The molecule has 4 aromatic rings. The molecule has 2 aliphatic rings. The lowest BCUT2D eigenvalue weighted by molar-refractivity contribution is 0.558. The van der Waals surface area contributed by atoms with Crippen molar-refractivity contribution in [2.24, 2.45) is 0 Å². The quantitative estimate of drug-likeness (QED) is 0.151. The number of aromatic nitrogens is 4. The summed E-state index contributed by atoms with van der Waals surface area (Å²) in [5, 5.41) is 0. The van der Waals surface area contributed by atoms with Crippen LogP contribution in [-0.4, -0.2) is 19.9 Å². The van der Waals surface area contributed by atoms with Crippen LogP contribution in [0.4, 0.5) is 0 Å². The zero-order valence-corrected chi connectivity index (χ0v) is 24.8. The summed E-state index contributed by atoms with van der Waals surface area (Å²) in [6, 6.07) is 27.8. The van der Waals surface area contributed by atoms with E-state index in [-0.39, 0.29) is 0 Å². The van der Waals surface area contributed by atoms with E-state index in [4.69, 9.17) is 9.97 Å². The molecule has 0 spiro atoms. The van der Waals surface area contributed by atoms with E-state index < -0.39 is 0 Å². The molecule has 2 N–H and O–H groups in total. The molecule has 0 atom stereocenters. The fourth-order valence-corrected chi connectivity index (χ4v) is 6.09. The summed E-state index contributed by atoms with van der Waals surface area (Å²) < 4.78 is 0. The average molecular weight is 555 g/mol. The maximum Gasteiger partial charge on any atom is 0.0739 e. The Hall–Kier alpha value is -4.18. The highest BCUT2D eigenvalue weighted by atomic mass is 14.8. The van der Waals surface area contributed by atoms with Gasteiger partial charge < -0.3 is 9.97 Å². The van der Waals surface area contributed by atoms with Gasteiger partial charge in [0.15, 0.2) is 0 Å². The number of H-pyrrole nitrogens is 2. The molecule has 3 aromatic heterocycles. The minimum atomic E-state index is 0.946. The first kappa shape index (κ1) is 28.0. The van der Waals surface area contributed by atoms with Gasteiger partial charge in [0.05, 0.1) is 22.8 Å². The van der Waals surface area contributed by atoms with E-state index in [1.54, 1.807) is 0 Å². The standard InChI is InChI=1S/C38H42N4/c1-2-3-4-5-6-7-8-9-10-14-17-35-36-26-33-22-20-31(40-33)24-29-18-19-30(39-29)25-32-21-23-34(41-32)27-37(42-36)38(35)28-15-12-11-13-16-28/h11-13,15-16,18-27,39,41H,2-10,14,17H2,1H3. The Bertz CT molecular complexity index is 1720. The lowest BCUT2D eigenvalue weighted by Gasteiger charge is -2.09. The maximum absolute atomic E-state index is 5.26. The fraction of sp³-hybridized carbons (Fsp3) is 0.316. The minimum Gasteiger partial charge on any atom is -0.355 e. The van der Waals surface area contributed by atoms with E-state index in [0.717, 1.165) is 51.3 Å². The van der Waals surface area contributed by atoms with Gasteiger partial charge in [0.2, 0.25) is 0 Å². The summed E-state index contributed by atoms with van der Waals surface area (Å²) >= 11 is 0. The third kappa shape index (κ3) is 6.99. The van der Waals surface area contributed by atoms with Crippen LogP contribution < -0.4 is 0 Å². The number of hydrogen-bond donors (Lipinski definition) is 2. The van der Waals surface area contributed by atoms with Gasteiger partial charge in [-0.2, -0.15) is 0 Å². The molecule has 8 bridgehead atoms. The molecule has 0 unspecified atom stereocenters. The van der Waals surface area contributed by atoms with Gasteiger partial charge in [-0.15, -0.1) is 0 Å². The van der Waals surface area contributed by atoms with Gasteiger partial charge in [-0.3, -0.25) is 0 Å². The fourth-order valence-electron chi connectivity index (χ4n) is 6.09. The normalized spacial score (nSPS) is 12.8. The molecule has 4 nitrogen and oxygen atoms in total. The van der Waals surface area contributed by atoms with Gasteiger partial charge in [-0.25, -0.2) is 9.97 Å². The van der Waals surface area contributed by atoms with Gasteiger partial charge in [-0.1, -0.05) is 95.0 Å². The molecule has 214 valence electrons. The SMILES string of the molecule is CCCCCCCCCCCCC1=C(c2ccccc2)c2cc3ccc(cc4ccc(cc5nc(cc1n2)C=C5)[nH]4)[nH]3. The van der Waals surface area contributed by atoms with E-state index in [9.17, 15) is 0 Å². The van der Waals surface area contributed by atoms with Crippen LogP contribution in [0.15, 0.2) is 78.9 Å². The molecular weight excluding hydrogens is 512 g/mol. The third-order valence-electron chi connectivity index (χ3n) is 8.29. The maximum atomic E-state index is 5.26. The predicted octanol–water partition coefficient (Wildman–Crippen LogP) is 10.8. The molecule has 0 fully saturated rings. The average Bonchev–Trinajstić information content (AvgIpc) is 3.80. The molecule has 2 aliphatic heterocycles. The Kier molecular flexibility index (Phi) is 9.09. The van der Waals surface area contributed by atoms with Crippen LogP contribution in [0.3, 0.4) is 0 Å². The lowest BCUT2D eigenvalue weighted by Crippen LogP contribution is -1.90. The van der Waals surface area contributed by atoms with Gasteiger partial charge in [0, 0.05) is 27.6 Å². The van der Waals surface area contributed by atoms with Gasteiger partial charge >= 0.3 is 0 Å². The Morgan fingerprint density at radius 2 is 1.10 bits per heavy atom. The first-order valence-electron chi connectivity index (χ1n) is 15.9. The molecule has 42 heavy (non-hydrogen) atoms. The van der Waals surface area contributed by atoms with Crippen molar-refractivity contribution < 1.29 is 0 Å². The lowest BCUT2D eigenvalue weighted by atomic mass is 9.93. The van der Waals surface area contributed by atoms with Crippen molar-refractivity contribution in [1.29, 1.82) is 0 Å². The Balaban J connectivity index is 1.35. The minimum absolute atomic E-state index is 0.946. The summed E-state index contributed by atoms with van der Waals surface area (Å²) in [6.45, 7) is 2.29. The van der Waals surface area contributed by atoms with Crippen molar-refractivity contribution in [2.45, 2.75) is 77.6 Å². The first-order valence-corrected chi connectivity index (χ1v) is 15.9. The Labute approximate surface area is 249 Å². The van der Waals surface area contributed by atoms with Crippen LogP contribution in [0.2, 0.25) is 0 Å². The van der Waals surface area contributed by atoms with Gasteiger partial charge in [-0.05, 0) is 84.7 Å². The summed E-state index contributed by atoms with van der Waals surface area (Å²) in [4.78, 5) is 17.2. The number of unbranched alkanes of at least 4 members (excludes halogenated alkanes) is 9. The number of nitrogens with zero attached hydrogens (tertiary/aromatic N) is 2. The second-order valence-corrected chi connectivity index (χ2v) is 11.6. The van der Waals surface area contributed by atoms with E-state index in [1.807, 2.05) is 0 Å². The van der Waals surface area contributed by atoms with Crippen molar-refractivity contribution in [3.8, 4) is 0 Å². The van der Waals surface area contributed by atoms with E-state index >= 15 is 0 Å². The van der Waals surface area contributed by atoms with Crippen LogP contribution >= 0.6 is 0 Å². The summed E-state index contributed by atoms with van der Waals surface area (Å²) in [7, 11) is 0. The highest BCUT2D eigenvalue weighted by Crippen LogP contribution is 2.38. The molecular formula is C38H42N4. The largest absolute Gasteiger partial charge is 0.355 e. The van der Waals surface area contributed by atoms with Crippen molar-refractivity contribution in [2.75, 3.05) is 0 Å². The predicted molar refractivity (Wildman–Crippen MR) is 179 cm³/mol. The molecule has 6 rings (SSSR count). The molecule has 0 radical (unpaired) electrons. The zero-order valence-electron chi connectivity index (χ0n) is 24.8. The first-order chi connectivity index (χ1) is 20.7. The van der Waals surface area contributed by atoms with Gasteiger partial charge in [0.1, 0.15) is 0 Å². The van der Waals surface area contributed by atoms with Crippen molar-refractivity contribution in [3.63, 3.8) is 0 Å². The van der Waals surface area contributed by atoms with Crippen LogP contribution in [0, 0.1) is 0 Å². The second kappa shape index (κ2) is 13.7. The molecule has 4 heteroatoms. The van der Waals surface area contributed by atoms with Crippen molar-refractivity contribution in [3.05, 3.63) is 107 Å². The molecule has 0 saturated heterocycles. The summed E-state index contributed by atoms with van der Waals surface area (Å²) in [5.41, 5.74) is 11.9. The van der Waals surface area contributed by atoms with E-state index in [1.165, 1.54) is 80.9 Å². The Morgan fingerprint density at radius 3 is 1.76 bits per heavy atom. The highest BCUT2D eigenvalue weighted by Gasteiger charge is 2.21. The van der Waals surface area contributed by atoms with Gasteiger partial charge in [0.25, 0.3) is 0 Å². The second-order valence-electron chi connectivity index (χ2n) is 11.6. The van der Waals surface area contributed by atoms with E-state index in [2.05, 4.69) is 108 Å². The van der Waals surface area contributed by atoms with Crippen molar-refractivity contribution >= 4 is 45.4 Å². The third-order valence-corrected chi connectivity index (χ3v) is 8.29. The number of hydrogen-bond acceptors (Lipinski definition) is 2. The number of allylic oxidation sites excluding steroid dienone is 1. The smallest absolute Gasteiger partial charge is 0.0739 e. The zero-order chi connectivity index (χ0) is 28.6. The number of nitrogens with one attached hydrogen (secondary N) is 2. The number of benzene rings is 1. The number of aromatic amines is 2. The number of fused-ring (bicyclic) bond motifs is 8. The molecule has 0 aliphatic carbocycles.